The third kappa shape index (κ3) is 3.00. The molecule has 0 bridgehead atoms. The van der Waals surface area contributed by atoms with Crippen LogP contribution in [0.5, 0.6) is 0 Å². The van der Waals surface area contributed by atoms with Crippen LogP contribution in [0, 0.1) is 0 Å². The number of hydrogen-bond acceptors (Lipinski definition) is 2. The highest BCUT2D eigenvalue weighted by molar-refractivity contribution is 6.31. The Balaban J connectivity index is 2.54. The van der Waals surface area contributed by atoms with Crippen molar-refractivity contribution in [3.05, 3.63) is 72.1 Å². The van der Waals surface area contributed by atoms with Gasteiger partial charge >= 0.3 is 0 Å². The quantitative estimate of drug-likeness (QED) is 0.787. The maximum atomic E-state index is 6.04. The molecule has 1 aliphatic heterocycles. The summed E-state index contributed by atoms with van der Waals surface area (Å²) in [5, 5.41) is 7.30. The smallest absolute Gasteiger partial charge is 0.139 e. The molecule has 0 spiro atoms. The SMILES string of the molecule is C=C/C=C\C1=C(C)Nc2ccc(Cl)cc2NC1=NC=C. The topological polar surface area (TPSA) is 36.4 Å². The first kappa shape index (κ1) is 14.2. The van der Waals surface area contributed by atoms with Crippen LogP contribution < -0.4 is 10.6 Å². The number of benzene rings is 1. The van der Waals surface area contributed by atoms with E-state index in [4.69, 9.17) is 11.6 Å². The molecule has 1 heterocycles. The van der Waals surface area contributed by atoms with Gasteiger partial charge in [0.15, 0.2) is 0 Å². The molecular weight excluding hydrogens is 270 g/mol. The van der Waals surface area contributed by atoms with Crippen molar-refractivity contribution in [1.29, 1.82) is 0 Å². The van der Waals surface area contributed by atoms with Crippen LogP contribution >= 0.6 is 11.6 Å². The molecule has 3 nitrogen and oxygen atoms in total. The highest BCUT2D eigenvalue weighted by Gasteiger charge is 2.16. The minimum Gasteiger partial charge on any atom is -0.357 e. The van der Waals surface area contributed by atoms with E-state index in [9.17, 15) is 0 Å². The lowest BCUT2D eigenvalue weighted by atomic mass is 10.1. The van der Waals surface area contributed by atoms with Gasteiger partial charge in [0.1, 0.15) is 5.84 Å². The molecule has 0 amide bonds. The van der Waals surface area contributed by atoms with Crippen molar-refractivity contribution in [1.82, 2.24) is 0 Å². The molecule has 0 aromatic heterocycles. The number of allylic oxidation sites excluding steroid dienone is 3. The Kier molecular flexibility index (Phi) is 4.43. The minimum atomic E-state index is 0.665. The van der Waals surface area contributed by atoms with E-state index >= 15 is 0 Å². The predicted octanol–water partition coefficient (Wildman–Crippen LogP) is 4.74. The molecule has 1 aromatic rings. The molecule has 1 aromatic carbocycles. The van der Waals surface area contributed by atoms with Gasteiger partial charge in [0.2, 0.25) is 0 Å². The van der Waals surface area contributed by atoms with E-state index in [0.717, 1.165) is 22.6 Å². The number of aliphatic imine (C=N–C) groups is 1. The zero-order valence-electron chi connectivity index (χ0n) is 11.3. The van der Waals surface area contributed by atoms with Crippen molar-refractivity contribution in [2.24, 2.45) is 4.99 Å². The fourth-order valence-corrected chi connectivity index (χ4v) is 2.10. The van der Waals surface area contributed by atoms with Crippen molar-refractivity contribution >= 4 is 28.8 Å². The average molecular weight is 286 g/mol. The maximum absolute atomic E-state index is 6.04. The number of fused-ring (bicyclic) bond motifs is 1. The van der Waals surface area contributed by atoms with Gasteiger partial charge in [0.25, 0.3) is 0 Å². The van der Waals surface area contributed by atoms with Crippen molar-refractivity contribution in [2.45, 2.75) is 6.92 Å². The van der Waals surface area contributed by atoms with Gasteiger partial charge < -0.3 is 10.6 Å². The van der Waals surface area contributed by atoms with Crippen LogP contribution in [0.1, 0.15) is 6.92 Å². The summed E-state index contributed by atoms with van der Waals surface area (Å²) in [4.78, 5) is 4.30. The van der Waals surface area contributed by atoms with Gasteiger partial charge in [-0.15, -0.1) is 0 Å². The number of anilines is 2. The lowest BCUT2D eigenvalue weighted by Gasteiger charge is -2.09. The van der Waals surface area contributed by atoms with Gasteiger partial charge in [0, 0.05) is 22.5 Å². The molecule has 102 valence electrons. The van der Waals surface area contributed by atoms with Crippen molar-refractivity contribution in [3.63, 3.8) is 0 Å². The summed E-state index contributed by atoms with van der Waals surface area (Å²) < 4.78 is 0. The Labute approximate surface area is 124 Å². The lowest BCUT2D eigenvalue weighted by molar-refractivity contribution is 1.36. The van der Waals surface area contributed by atoms with E-state index in [2.05, 4.69) is 28.8 Å². The Hall–Kier alpha value is -2.26. The Morgan fingerprint density at radius 1 is 1.20 bits per heavy atom. The molecule has 2 rings (SSSR count). The molecule has 2 N–H and O–H groups in total. The first-order chi connectivity index (χ1) is 9.65. The number of amidine groups is 1. The molecule has 1 aliphatic rings. The molecule has 0 radical (unpaired) electrons. The summed E-state index contributed by atoms with van der Waals surface area (Å²) in [5.74, 6) is 0.712. The molecule has 0 unspecified atom stereocenters. The Morgan fingerprint density at radius 3 is 2.70 bits per heavy atom. The van der Waals surface area contributed by atoms with Crippen molar-refractivity contribution in [2.75, 3.05) is 10.6 Å². The van der Waals surface area contributed by atoms with E-state index in [1.807, 2.05) is 37.3 Å². The first-order valence-corrected chi connectivity index (χ1v) is 6.56. The average Bonchev–Trinajstić information content (AvgIpc) is 2.53. The number of rotatable bonds is 3. The van der Waals surface area contributed by atoms with Crippen LogP contribution in [-0.4, -0.2) is 5.84 Å². The van der Waals surface area contributed by atoms with Crippen LogP contribution in [0.3, 0.4) is 0 Å². The van der Waals surface area contributed by atoms with Gasteiger partial charge in [-0.25, -0.2) is 4.99 Å². The summed E-state index contributed by atoms with van der Waals surface area (Å²) in [7, 11) is 0. The fourth-order valence-electron chi connectivity index (χ4n) is 1.93. The van der Waals surface area contributed by atoms with Gasteiger partial charge in [-0.3, -0.25) is 0 Å². The summed E-state index contributed by atoms with van der Waals surface area (Å²) >= 11 is 6.04. The molecule has 0 aliphatic carbocycles. The maximum Gasteiger partial charge on any atom is 0.139 e. The van der Waals surface area contributed by atoms with Crippen LogP contribution in [0.15, 0.2) is 72.0 Å². The second-order valence-electron chi connectivity index (χ2n) is 4.23. The summed E-state index contributed by atoms with van der Waals surface area (Å²) in [5.41, 5.74) is 3.75. The fraction of sp³-hybridized carbons (Fsp3) is 0.0625. The van der Waals surface area contributed by atoms with Gasteiger partial charge in [0.05, 0.1) is 11.4 Å². The summed E-state index contributed by atoms with van der Waals surface area (Å²) in [6.07, 6.45) is 7.04. The molecule has 0 fully saturated rings. The Bertz CT molecular complexity index is 639. The molecule has 4 heteroatoms. The zero-order valence-corrected chi connectivity index (χ0v) is 12.0. The van der Waals surface area contributed by atoms with E-state index < -0.39 is 0 Å². The van der Waals surface area contributed by atoms with Crippen LogP contribution in [-0.2, 0) is 0 Å². The second kappa shape index (κ2) is 6.26. The van der Waals surface area contributed by atoms with Crippen molar-refractivity contribution in [3.8, 4) is 0 Å². The molecule has 0 saturated carbocycles. The van der Waals surface area contributed by atoms with E-state index in [0.29, 0.717) is 10.9 Å². The van der Waals surface area contributed by atoms with Gasteiger partial charge in [-0.05, 0) is 31.2 Å². The largest absolute Gasteiger partial charge is 0.357 e. The highest BCUT2D eigenvalue weighted by Crippen LogP contribution is 2.30. The summed E-state index contributed by atoms with van der Waals surface area (Å²) in [6, 6.07) is 5.63. The lowest BCUT2D eigenvalue weighted by Crippen LogP contribution is -2.13. The second-order valence-corrected chi connectivity index (χ2v) is 4.67. The van der Waals surface area contributed by atoms with E-state index in [1.165, 1.54) is 6.20 Å². The Morgan fingerprint density at radius 2 is 2.00 bits per heavy atom. The van der Waals surface area contributed by atoms with Gasteiger partial charge in [-0.2, -0.15) is 0 Å². The van der Waals surface area contributed by atoms with E-state index in [1.54, 1.807) is 6.08 Å². The van der Waals surface area contributed by atoms with Crippen LogP contribution in [0.4, 0.5) is 11.4 Å². The van der Waals surface area contributed by atoms with Gasteiger partial charge in [-0.1, -0.05) is 36.9 Å². The number of nitrogens with one attached hydrogen (secondary N) is 2. The van der Waals surface area contributed by atoms with Crippen LogP contribution in [0.25, 0.3) is 0 Å². The first-order valence-electron chi connectivity index (χ1n) is 6.18. The molecule has 0 atom stereocenters. The van der Waals surface area contributed by atoms with Crippen molar-refractivity contribution < 1.29 is 0 Å². The molecule has 20 heavy (non-hydrogen) atoms. The number of nitrogens with zero attached hydrogens (tertiary/aromatic N) is 1. The van der Waals surface area contributed by atoms with E-state index in [-0.39, 0.29) is 0 Å². The number of halogens is 1. The molecule has 0 saturated heterocycles. The standard InChI is InChI=1S/C16H16ClN3/c1-4-6-7-13-11(3)19-14-9-8-12(17)10-15(14)20-16(13)18-5-2/h4-10,19H,1-2H2,3H3,(H,18,20)/b7-6-. The third-order valence-corrected chi connectivity index (χ3v) is 3.07. The van der Waals surface area contributed by atoms with Crippen LogP contribution in [0.2, 0.25) is 5.02 Å². The predicted molar refractivity (Wildman–Crippen MR) is 88.4 cm³/mol. The zero-order chi connectivity index (χ0) is 14.5. The monoisotopic (exact) mass is 285 g/mol. The third-order valence-electron chi connectivity index (χ3n) is 2.84. The molecular formula is C16H16ClN3. The highest BCUT2D eigenvalue weighted by atomic mass is 35.5. The summed E-state index contributed by atoms with van der Waals surface area (Å²) in [6.45, 7) is 9.34. The minimum absolute atomic E-state index is 0.665. The number of hydrogen-bond donors (Lipinski definition) is 2. The normalized spacial score (nSPS) is 16.4.